The van der Waals surface area contributed by atoms with E-state index in [9.17, 15) is 0 Å². The lowest BCUT2D eigenvalue weighted by atomic mass is 9.87. The fourth-order valence-electron chi connectivity index (χ4n) is 6.04. The third-order valence-corrected chi connectivity index (χ3v) is 7.90. The van der Waals surface area contributed by atoms with Gasteiger partial charge >= 0.3 is 0 Å². The molecule has 2 heteroatoms. The van der Waals surface area contributed by atoms with Crippen LogP contribution in [0.4, 0.5) is 0 Å². The van der Waals surface area contributed by atoms with E-state index in [1.54, 1.807) is 0 Å². The Morgan fingerprint density at radius 2 is 0.875 bits per heavy atom. The summed E-state index contributed by atoms with van der Waals surface area (Å²) in [6.07, 6.45) is 1.85. The second-order valence-corrected chi connectivity index (χ2v) is 10.2. The molecule has 2 aromatic heterocycles. The van der Waals surface area contributed by atoms with Crippen LogP contribution in [0.15, 0.2) is 146 Å². The molecule has 8 aromatic rings. The van der Waals surface area contributed by atoms with Crippen LogP contribution in [-0.2, 0) is 0 Å². The number of hydrogen-bond donors (Lipinski definition) is 0. The predicted molar refractivity (Wildman–Crippen MR) is 168 cm³/mol. The maximum Gasteiger partial charge on any atom is 0.0972 e. The van der Waals surface area contributed by atoms with Crippen molar-refractivity contribution in [2.45, 2.75) is 0 Å². The van der Waals surface area contributed by atoms with Crippen LogP contribution in [0.2, 0.25) is 0 Å². The first-order valence-electron chi connectivity index (χ1n) is 13.6. The van der Waals surface area contributed by atoms with Crippen molar-refractivity contribution in [1.29, 1.82) is 0 Å². The predicted octanol–water partition coefficient (Wildman–Crippen LogP) is 10.1. The minimum absolute atomic E-state index is 0.935. The van der Waals surface area contributed by atoms with E-state index >= 15 is 0 Å². The maximum absolute atomic E-state index is 5.26. The molecule has 2 heterocycles. The lowest BCUT2D eigenvalue weighted by Gasteiger charge is -2.18. The Labute approximate surface area is 232 Å². The van der Waals surface area contributed by atoms with Gasteiger partial charge < -0.3 is 0 Å². The Hall–Kier alpha value is -5.34. The summed E-state index contributed by atoms with van der Waals surface area (Å²) in [6, 6.07) is 49.6. The van der Waals surface area contributed by atoms with Crippen molar-refractivity contribution in [3.8, 4) is 33.5 Å². The summed E-state index contributed by atoms with van der Waals surface area (Å²) in [5.74, 6) is 0. The Kier molecular flexibility index (Phi) is 5.17. The second kappa shape index (κ2) is 9.14. The average molecular weight is 509 g/mol. The van der Waals surface area contributed by atoms with Crippen molar-refractivity contribution in [3.63, 3.8) is 0 Å². The van der Waals surface area contributed by atoms with E-state index in [1.807, 2.05) is 12.3 Å². The molecule has 0 spiro atoms. The summed E-state index contributed by atoms with van der Waals surface area (Å²) >= 11 is 0. The number of aromatic nitrogens is 2. The SMILES string of the molecule is c1ccc(-c2ccc(-c3c4ccccc4c(-c4ccc5ccc6cccnc6c5n4)c4ccccc34)cc2)cc1. The van der Waals surface area contributed by atoms with Crippen LogP contribution in [0.5, 0.6) is 0 Å². The number of nitrogens with zero attached hydrogens (tertiary/aromatic N) is 2. The molecule has 6 aromatic carbocycles. The number of benzene rings is 6. The van der Waals surface area contributed by atoms with E-state index in [2.05, 4.69) is 138 Å². The zero-order valence-corrected chi connectivity index (χ0v) is 21.8. The van der Waals surface area contributed by atoms with Gasteiger partial charge in [-0.05, 0) is 55.9 Å². The van der Waals surface area contributed by atoms with E-state index in [0.717, 1.165) is 33.1 Å². The van der Waals surface area contributed by atoms with Gasteiger partial charge in [0, 0.05) is 22.5 Å². The molecule has 0 N–H and O–H groups in total. The molecule has 0 saturated heterocycles. The molecule has 0 atom stereocenters. The van der Waals surface area contributed by atoms with Gasteiger partial charge in [-0.15, -0.1) is 0 Å². The van der Waals surface area contributed by atoms with Crippen LogP contribution in [0.1, 0.15) is 0 Å². The number of hydrogen-bond acceptors (Lipinski definition) is 2. The number of pyridine rings is 2. The van der Waals surface area contributed by atoms with Crippen molar-refractivity contribution in [3.05, 3.63) is 146 Å². The van der Waals surface area contributed by atoms with Crippen molar-refractivity contribution in [1.82, 2.24) is 9.97 Å². The van der Waals surface area contributed by atoms with E-state index in [1.165, 1.54) is 43.8 Å². The zero-order chi connectivity index (χ0) is 26.5. The van der Waals surface area contributed by atoms with Gasteiger partial charge in [0.1, 0.15) is 0 Å². The minimum Gasteiger partial charge on any atom is -0.254 e. The summed E-state index contributed by atoms with van der Waals surface area (Å²) in [5, 5.41) is 7.04. The summed E-state index contributed by atoms with van der Waals surface area (Å²) in [4.78, 5) is 9.95. The van der Waals surface area contributed by atoms with Gasteiger partial charge in [-0.25, -0.2) is 4.98 Å². The molecule has 0 aliphatic carbocycles. The first-order valence-corrected chi connectivity index (χ1v) is 13.6. The first-order chi connectivity index (χ1) is 19.8. The van der Waals surface area contributed by atoms with Crippen molar-refractivity contribution in [2.75, 3.05) is 0 Å². The number of fused-ring (bicyclic) bond motifs is 5. The van der Waals surface area contributed by atoms with Crippen LogP contribution in [-0.4, -0.2) is 9.97 Å². The van der Waals surface area contributed by atoms with Gasteiger partial charge in [-0.1, -0.05) is 127 Å². The quantitative estimate of drug-likeness (QED) is 0.175. The van der Waals surface area contributed by atoms with E-state index in [-0.39, 0.29) is 0 Å². The van der Waals surface area contributed by atoms with Gasteiger partial charge in [0.2, 0.25) is 0 Å². The Morgan fingerprint density at radius 1 is 0.350 bits per heavy atom. The highest BCUT2D eigenvalue weighted by Crippen LogP contribution is 2.43. The fraction of sp³-hybridized carbons (Fsp3) is 0. The maximum atomic E-state index is 5.26. The molecule has 8 rings (SSSR count). The first kappa shape index (κ1) is 22.6. The lowest BCUT2D eigenvalue weighted by molar-refractivity contribution is 1.38. The standard InChI is InChI=1S/C38H24N2/c1-2-9-25(10-3-1)26-16-18-27(19-17-26)35-30-12-4-6-14-32(30)36(33-15-7-5-13-31(33)35)34-23-22-29-21-20-28-11-8-24-39-37(28)38(29)40-34/h1-24H. The van der Waals surface area contributed by atoms with Gasteiger partial charge in [0.25, 0.3) is 0 Å². The molecule has 40 heavy (non-hydrogen) atoms. The highest BCUT2D eigenvalue weighted by atomic mass is 14.8. The molecule has 186 valence electrons. The minimum atomic E-state index is 0.935. The number of rotatable bonds is 3. The highest BCUT2D eigenvalue weighted by Gasteiger charge is 2.18. The molecule has 2 nitrogen and oxygen atoms in total. The van der Waals surface area contributed by atoms with Crippen LogP contribution in [0.3, 0.4) is 0 Å². The highest BCUT2D eigenvalue weighted by molar-refractivity contribution is 6.21. The molecule has 0 unspecified atom stereocenters. The Bertz CT molecular complexity index is 2140. The molecular formula is C38H24N2. The molecule has 0 aliphatic heterocycles. The van der Waals surface area contributed by atoms with Gasteiger partial charge in [-0.2, -0.15) is 0 Å². The van der Waals surface area contributed by atoms with Crippen LogP contribution >= 0.6 is 0 Å². The Balaban J connectivity index is 1.40. The summed E-state index contributed by atoms with van der Waals surface area (Å²) in [7, 11) is 0. The van der Waals surface area contributed by atoms with Crippen molar-refractivity contribution >= 4 is 43.4 Å². The van der Waals surface area contributed by atoms with E-state index in [4.69, 9.17) is 4.98 Å². The zero-order valence-electron chi connectivity index (χ0n) is 21.8. The third-order valence-electron chi connectivity index (χ3n) is 7.90. The van der Waals surface area contributed by atoms with Crippen molar-refractivity contribution in [2.24, 2.45) is 0 Å². The van der Waals surface area contributed by atoms with Crippen LogP contribution in [0.25, 0.3) is 76.9 Å². The fourth-order valence-corrected chi connectivity index (χ4v) is 6.04. The van der Waals surface area contributed by atoms with Crippen LogP contribution in [0, 0.1) is 0 Å². The summed E-state index contributed by atoms with van der Waals surface area (Å²) < 4.78 is 0. The third kappa shape index (κ3) is 3.58. The topological polar surface area (TPSA) is 25.8 Å². The lowest BCUT2D eigenvalue weighted by Crippen LogP contribution is -1.93. The average Bonchev–Trinajstić information content (AvgIpc) is 3.04. The van der Waals surface area contributed by atoms with Gasteiger partial charge in [0.15, 0.2) is 0 Å². The normalized spacial score (nSPS) is 11.5. The van der Waals surface area contributed by atoms with Gasteiger partial charge in [0.05, 0.1) is 16.7 Å². The smallest absolute Gasteiger partial charge is 0.0972 e. The van der Waals surface area contributed by atoms with E-state index in [0.29, 0.717) is 0 Å². The Morgan fingerprint density at radius 3 is 1.55 bits per heavy atom. The summed E-state index contributed by atoms with van der Waals surface area (Å²) in [5.41, 5.74) is 8.90. The molecular weight excluding hydrogens is 484 g/mol. The second-order valence-electron chi connectivity index (χ2n) is 10.2. The monoisotopic (exact) mass is 508 g/mol. The van der Waals surface area contributed by atoms with Gasteiger partial charge in [-0.3, -0.25) is 4.98 Å². The molecule has 0 fully saturated rings. The van der Waals surface area contributed by atoms with Crippen LogP contribution < -0.4 is 0 Å². The molecule has 0 radical (unpaired) electrons. The summed E-state index contributed by atoms with van der Waals surface area (Å²) in [6.45, 7) is 0. The van der Waals surface area contributed by atoms with E-state index < -0.39 is 0 Å². The molecule has 0 saturated carbocycles. The molecule has 0 aliphatic rings. The molecule has 0 bridgehead atoms. The largest absolute Gasteiger partial charge is 0.254 e. The molecule has 0 amide bonds. The van der Waals surface area contributed by atoms with Crippen molar-refractivity contribution < 1.29 is 0 Å².